The molecule has 0 radical (unpaired) electrons. The van der Waals surface area contributed by atoms with Gasteiger partial charge in [0.05, 0.1) is 0 Å². The Balaban J connectivity index is 1.81. The van der Waals surface area contributed by atoms with E-state index in [9.17, 15) is 9.59 Å². The highest BCUT2D eigenvalue weighted by Crippen LogP contribution is 2.92. The first-order chi connectivity index (χ1) is 19.7. The van der Waals surface area contributed by atoms with Crippen molar-refractivity contribution in [3.8, 4) is 0 Å². The molecule has 0 spiro atoms. The molecule has 0 saturated heterocycles. The van der Waals surface area contributed by atoms with Crippen LogP contribution in [0.15, 0.2) is 45.6 Å². The molecule has 0 N–H and O–H groups in total. The molecule has 5 rings (SSSR count). The number of carbonyl (C=O) groups excluding carboxylic acids is 2. The fourth-order valence-electron chi connectivity index (χ4n) is 10.1. The maximum Gasteiger partial charge on any atom is 0.249 e. The fourth-order valence-corrected chi connectivity index (χ4v) is 16.4. The van der Waals surface area contributed by atoms with Crippen molar-refractivity contribution < 1.29 is 9.59 Å². The lowest BCUT2D eigenvalue weighted by Gasteiger charge is -2.83. The quantitative estimate of drug-likeness (QED) is 0.173. The van der Waals surface area contributed by atoms with Gasteiger partial charge in [0.2, 0.25) is 11.8 Å². The molecule has 8 heteroatoms. The largest absolute Gasteiger partial charge is 0.345 e. The number of hydrogen-bond acceptors (Lipinski definition) is 2. The van der Waals surface area contributed by atoms with Gasteiger partial charge in [0.25, 0.3) is 0 Å². The van der Waals surface area contributed by atoms with E-state index >= 15 is 0 Å². The van der Waals surface area contributed by atoms with Crippen LogP contribution in [-0.2, 0) is 9.59 Å². The number of hydrogen-bond donors (Lipinski definition) is 0. The van der Waals surface area contributed by atoms with Crippen LogP contribution in [0.2, 0.25) is 103 Å². The Hall–Kier alpha value is -1.23. The zero-order valence-electron chi connectivity index (χ0n) is 31.1. The van der Waals surface area contributed by atoms with Gasteiger partial charge >= 0.3 is 0 Å². The lowest BCUT2D eigenvalue weighted by atomic mass is 9.20. The normalized spacial score (nSPS) is 32.5. The van der Waals surface area contributed by atoms with Gasteiger partial charge in [-0.1, -0.05) is 113 Å². The minimum atomic E-state index is -1.51. The zero-order chi connectivity index (χ0) is 33.4. The van der Waals surface area contributed by atoms with Crippen LogP contribution in [0.3, 0.4) is 0 Å². The zero-order valence-corrected chi connectivity index (χ0v) is 35.1. The van der Waals surface area contributed by atoms with Crippen molar-refractivity contribution in [2.24, 2.45) is 21.7 Å². The minimum Gasteiger partial charge on any atom is -0.345 e. The molecule has 4 nitrogen and oxygen atoms in total. The topological polar surface area (TPSA) is 40.6 Å². The summed E-state index contributed by atoms with van der Waals surface area (Å²) in [4.78, 5) is 31.9. The number of rotatable bonds is 10. The first kappa shape index (κ1) is 34.1. The molecule has 0 aliphatic heterocycles. The maximum absolute atomic E-state index is 14.1. The summed E-state index contributed by atoms with van der Waals surface area (Å²) in [6.07, 6.45) is 6.94. The fraction of sp³-hybridized carbons (Fsp3) is 0.722. The summed E-state index contributed by atoms with van der Waals surface area (Å²) in [5, 5.41) is 0. The molecule has 4 unspecified atom stereocenters. The Morgan fingerprint density at radius 2 is 0.795 bits per heavy atom. The number of nitrogens with zero attached hydrogens (tertiary/aromatic N) is 2. The highest BCUT2D eigenvalue weighted by molar-refractivity contribution is 6.78. The molecule has 0 bridgehead atoms. The summed E-state index contributed by atoms with van der Waals surface area (Å²) < 4.78 is 0. The van der Waals surface area contributed by atoms with Crippen LogP contribution in [0.1, 0.15) is 12.8 Å². The molecule has 4 atom stereocenters. The average molecular weight is 667 g/mol. The van der Waals surface area contributed by atoms with Gasteiger partial charge < -0.3 is 9.80 Å². The van der Waals surface area contributed by atoms with E-state index in [1.807, 2.05) is 38.0 Å². The van der Waals surface area contributed by atoms with Gasteiger partial charge in [0.1, 0.15) is 0 Å². The molecule has 244 valence electrons. The molecule has 1 saturated carbocycles. The lowest BCUT2D eigenvalue weighted by Crippen LogP contribution is -2.77. The van der Waals surface area contributed by atoms with E-state index in [4.69, 9.17) is 0 Å². The molecule has 5 aliphatic rings. The van der Waals surface area contributed by atoms with Gasteiger partial charge in [0, 0.05) is 93.3 Å². The van der Waals surface area contributed by atoms with E-state index in [1.165, 1.54) is 12.1 Å². The van der Waals surface area contributed by atoms with Crippen LogP contribution in [0.5, 0.6) is 0 Å². The second-order valence-electron chi connectivity index (χ2n) is 20.5. The third-order valence-corrected chi connectivity index (χ3v) is 16.9. The van der Waals surface area contributed by atoms with Crippen molar-refractivity contribution in [2.45, 2.75) is 116 Å². The minimum absolute atomic E-state index is 0.0364. The number of likely N-dealkylation sites (N-methyl/N-ethyl adjacent to an activating group) is 2. The van der Waals surface area contributed by atoms with Crippen molar-refractivity contribution in [3.63, 3.8) is 0 Å². The average Bonchev–Trinajstić information content (AvgIpc) is 2.80. The predicted octanol–water partition coefficient (Wildman–Crippen LogP) is 8.76. The first-order valence-electron chi connectivity index (χ1n) is 17.0. The highest BCUT2D eigenvalue weighted by atomic mass is 28.3. The van der Waals surface area contributed by atoms with E-state index < -0.39 is 32.3 Å². The Morgan fingerprint density at radius 3 is 1.05 bits per heavy atom. The molecule has 5 aliphatic carbocycles. The Labute approximate surface area is 273 Å². The van der Waals surface area contributed by atoms with Crippen LogP contribution < -0.4 is 0 Å². The number of carbonyl (C=O) groups is 2. The summed E-state index contributed by atoms with van der Waals surface area (Å²) in [6, 6.07) is 4.76. The van der Waals surface area contributed by atoms with Gasteiger partial charge in [-0.2, -0.15) is 0 Å². The van der Waals surface area contributed by atoms with Crippen molar-refractivity contribution in [2.75, 3.05) is 28.2 Å². The summed E-state index contributed by atoms with van der Waals surface area (Å²) in [5.41, 5.74) is 8.25. The van der Waals surface area contributed by atoms with Crippen LogP contribution in [0, 0.1) is 21.7 Å². The monoisotopic (exact) mass is 666 g/mol. The third-order valence-electron chi connectivity index (χ3n) is 11.2. The molecular formula is C36H62N2O2Si4. The molecule has 0 aromatic heterocycles. The van der Waals surface area contributed by atoms with Gasteiger partial charge in [-0.15, -0.1) is 0 Å². The Kier molecular flexibility index (Phi) is 7.49. The maximum atomic E-state index is 14.1. The second kappa shape index (κ2) is 9.66. The van der Waals surface area contributed by atoms with Crippen LogP contribution >= 0.6 is 0 Å². The standard InChI is InChI=1S/C36H62N2O2Si4/c1-37(2)31(39)25-17-33-23-34-18-26(32(40)38(3)4)36(34,30(22-44(14,15)16)28(34)20-42(8,9)10)24-35(25,33)29(21-43(11,12)13)27(33)19-41(5,6)7/h17-18H,19-24H2,1-16H3. The van der Waals surface area contributed by atoms with Gasteiger partial charge in [-0.05, 0) is 37.0 Å². The van der Waals surface area contributed by atoms with E-state index in [2.05, 4.69) is 90.7 Å². The molecule has 0 aromatic rings. The smallest absolute Gasteiger partial charge is 0.249 e. The van der Waals surface area contributed by atoms with Crippen molar-refractivity contribution in [3.05, 3.63) is 45.6 Å². The number of amides is 2. The van der Waals surface area contributed by atoms with E-state index in [0.717, 1.165) is 36.1 Å². The SMILES string of the molecule is CN(C)C(=O)C1=CC23CC45C=C(C(=O)N(C)C)C4(CC12C(C[Si](C)(C)C)=C3C[Si](C)(C)C)C(C[Si](C)(C)C)=C5C[Si](C)(C)C. The Bertz CT molecular complexity index is 1350. The van der Waals surface area contributed by atoms with Crippen LogP contribution in [0.4, 0.5) is 0 Å². The van der Waals surface area contributed by atoms with E-state index in [1.54, 1.807) is 22.3 Å². The lowest BCUT2D eigenvalue weighted by molar-refractivity contribution is -0.143. The van der Waals surface area contributed by atoms with Crippen LogP contribution in [-0.4, -0.2) is 82.1 Å². The van der Waals surface area contributed by atoms with Gasteiger partial charge in [-0.3, -0.25) is 9.59 Å². The van der Waals surface area contributed by atoms with Gasteiger partial charge in [0.15, 0.2) is 0 Å². The summed E-state index contributed by atoms with van der Waals surface area (Å²) in [6.45, 7) is 30.1. The first-order valence-corrected chi connectivity index (χ1v) is 31.9. The molecule has 0 aromatic carbocycles. The van der Waals surface area contributed by atoms with E-state index in [-0.39, 0.29) is 33.5 Å². The molecule has 2 amide bonds. The van der Waals surface area contributed by atoms with Crippen molar-refractivity contribution >= 4 is 44.1 Å². The molecule has 1 fully saturated rings. The predicted molar refractivity (Wildman–Crippen MR) is 199 cm³/mol. The third kappa shape index (κ3) is 4.57. The summed E-state index contributed by atoms with van der Waals surface area (Å²) >= 11 is 0. The summed E-state index contributed by atoms with van der Waals surface area (Å²) in [7, 11) is 1.80. The second-order valence-corrected chi connectivity index (χ2v) is 42.4. The number of allylic oxidation sites excluding steroid dienone is 6. The summed E-state index contributed by atoms with van der Waals surface area (Å²) in [5.74, 6) is 0.372. The molecule has 0 heterocycles. The highest BCUT2D eigenvalue weighted by Gasteiger charge is 2.85. The van der Waals surface area contributed by atoms with Gasteiger partial charge in [-0.25, -0.2) is 0 Å². The molecule has 44 heavy (non-hydrogen) atoms. The Morgan fingerprint density at radius 1 is 0.523 bits per heavy atom. The molecular weight excluding hydrogens is 605 g/mol. The van der Waals surface area contributed by atoms with Crippen molar-refractivity contribution in [1.29, 1.82) is 0 Å². The van der Waals surface area contributed by atoms with Crippen molar-refractivity contribution in [1.82, 2.24) is 9.80 Å². The van der Waals surface area contributed by atoms with E-state index in [0.29, 0.717) is 0 Å². The van der Waals surface area contributed by atoms with Crippen LogP contribution in [0.25, 0.3) is 0 Å².